The van der Waals surface area contributed by atoms with Gasteiger partial charge in [-0.25, -0.2) is 4.79 Å². The molecule has 0 aromatic rings. The van der Waals surface area contributed by atoms with Gasteiger partial charge in [0.2, 0.25) is 5.91 Å². The number of rotatable bonds is 33. The van der Waals surface area contributed by atoms with E-state index >= 15 is 0 Å². The van der Waals surface area contributed by atoms with Crippen LogP contribution in [0.15, 0.2) is 0 Å². The van der Waals surface area contributed by atoms with Crippen molar-refractivity contribution < 1.29 is 34.1 Å². The van der Waals surface area contributed by atoms with Gasteiger partial charge in [0.25, 0.3) is 0 Å². The van der Waals surface area contributed by atoms with E-state index in [2.05, 4.69) is 27.7 Å². The third kappa shape index (κ3) is 24.9. The molecule has 0 bridgehead atoms. The molecule has 1 aliphatic rings. The Balaban J connectivity index is 0.00000112. The van der Waals surface area contributed by atoms with Crippen molar-refractivity contribution in [3.63, 3.8) is 0 Å². The monoisotopic (exact) mass is 709 g/mol. The number of nitrogens with zero attached hydrogens (tertiary/aromatic N) is 1. The number of carbonyl (C=O) groups excluding carboxylic acids is 3. The second-order valence-corrected chi connectivity index (χ2v) is 14.9. The molecule has 1 N–H and O–H groups in total. The molecular formula is C42H78NO7-. The van der Waals surface area contributed by atoms with Gasteiger partial charge in [-0.05, 0) is 51.4 Å². The summed E-state index contributed by atoms with van der Waals surface area (Å²) in [6.07, 6.45) is 29.0. The fourth-order valence-electron chi connectivity index (χ4n) is 6.91. The van der Waals surface area contributed by atoms with Gasteiger partial charge in [-0.1, -0.05) is 156 Å². The average molecular weight is 709 g/mol. The third-order valence-corrected chi connectivity index (χ3v) is 10.3. The van der Waals surface area contributed by atoms with Gasteiger partial charge in [-0.3, -0.25) is 9.59 Å². The van der Waals surface area contributed by atoms with E-state index in [9.17, 15) is 29.4 Å². The molecule has 50 heavy (non-hydrogen) atoms. The number of hydrogen-bond donors (Lipinski definition) is 1. The first-order valence-corrected chi connectivity index (χ1v) is 21.1. The maximum atomic E-state index is 12.0. The molecule has 1 atom stereocenters. The summed E-state index contributed by atoms with van der Waals surface area (Å²) in [5.74, 6) is -2.03. The molecule has 0 spiro atoms. The second kappa shape index (κ2) is 32.8. The number of aliphatic carboxylic acids is 2. The molecule has 0 aliphatic carbocycles. The predicted molar refractivity (Wildman–Crippen MR) is 203 cm³/mol. The predicted octanol–water partition coefficient (Wildman–Crippen LogP) is 10.3. The van der Waals surface area contributed by atoms with Crippen LogP contribution in [-0.2, 0) is 23.9 Å². The van der Waals surface area contributed by atoms with Crippen molar-refractivity contribution >= 4 is 23.8 Å². The topological polar surface area (TPSA) is 124 Å². The molecule has 1 fully saturated rings. The molecule has 1 amide bonds. The van der Waals surface area contributed by atoms with Gasteiger partial charge in [0.05, 0.1) is 0 Å². The highest BCUT2D eigenvalue weighted by molar-refractivity contribution is 5.78. The molecule has 8 heteroatoms. The van der Waals surface area contributed by atoms with Crippen molar-refractivity contribution in [3.8, 4) is 0 Å². The maximum absolute atomic E-state index is 12.0. The summed E-state index contributed by atoms with van der Waals surface area (Å²) in [5.41, 5.74) is -0.696. The van der Waals surface area contributed by atoms with Crippen molar-refractivity contribution in [2.24, 2.45) is 5.41 Å². The van der Waals surface area contributed by atoms with Gasteiger partial charge >= 0.3 is 11.9 Å². The lowest BCUT2D eigenvalue weighted by atomic mass is 9.74. The number of likely N-dealkylation sites (tertiary alicyclic amines) is 1. The molecule has 1 heterocycles. The Morgan fingerprint density at radius 3 is 1.62 bits per heavy atom. The van der Waals surface area contributed by atoms with Gasteiger partial charge in [0, 0.05) is 37.3 Å². The highest BCUT2D eigenvalue weighted by atomic mass is 16.6. The van der Waals surface area contributed by atoms with Crippen LogP contribution in [0.3, 0.4) is 0 Å². The summed E-state index contributed by atoms with van der Waals surface area (Å²) in [6, 6.07) is 0. The molecule has 294 valence electrons. The number of ether oxygens (including phenoxy) is 1. The summed E-state index contributed by atoms with van der Waals surface area (Å²) in [5, 5.41) is 21.1. The molecule has 1 unspecified atom stereocenters. The number of unbranched alkanes of at least 4 members (excludes halogenated alkanes) is 18. The Bertz CT molecular complexity index is 853. The molecule has 0 radical (unpaired) electrons. The van der Waals surface area contributed by atoms with Crippen LogP contribution in [0.2, 0.25) is 0 Å². The van der Waals surface area contributed by atoms with Crippen LogP contribution in [-0.4, -0.2) is 53.0 Å². The van der Waals surface area contributed by atoms with Gasteiger partial charge in [0.15, 0.2) is 6.10 Å². The van der Waals surface area contributed by atoms with E-state index in [1.807, 2.05) is 4.90 Å². The first-order valence-electron chi connectivity index (χ1n) is 21.1. The minimum absolute atomic E-state index is 0.231. The van der Waals surface area contributed by atoms with Gasteiger partial charge < -0.3 is 24.6 Å². The Morgan fingerprint density at radius 1 is 0.680 bits per heavy atom. The zero-order valence-corrected chi connectivity index (χ0v) is 33.0. The van der Waals surface area contributed by atoms with Crippen LogP contribution in [0.4, 0.5) is 0 Å². The summed E-state index contributed by atoms with van der Waals surface area (Å²) in [4.78, 5) is 48.6. The lowest BCUT2D eigenvalue weighted by Crippen LogP contribution is -2.42. The van der Waals surface area contributed by atoms with Crippen molar-refractivity contribution in [2.45, 2.75) is 226 Å². The smallest absolute Gasteiger partial charge is 0.345 e. The summed E-state index contributed by atoms with van der Waals surface area (Å²) >= 11 is 0. The van der Waals surface area contributed by atoms with E-state index in [0.29, 0.717) is 38.0 Å². The summed E-state index contributed by atoms with van der Waals surface area (Å²) < 4.78 is 5.16. The van der Waals surface area contributed by atoms with Crippen LogP contribution < -0.4 is 5.11 Å². The van der Waals surface area contributed by atoms with E-state index in [4.69, 9.17) is 4.74 Å². The lowest BCUT2D eigenvalue weighted by molar-refractivity contribution is -0.320. The zero-order chi connectivity index (χ0) is 37.3. The fourth-order valence-corrected chi connectivity index (χ4v) is 6.91. The number of esters is 1. The fraction of sp³-hybridized carbons (Fsp3) is 0.905. The van der Waals surface area contributed by atoms with E-state index in [1.54, 1.807) is 0 Å². The number of amides is 1. The number of carboxylic acid groups (broad SMARTS) is 2. The largest absolute Gasteiger partial charge is 0.550 e. The Hall–Kier alpha value is -2.12. The number of hydrogen-bond acceptors (Lipinski definition) is 6. The van der Waals surface area contributed by atoms with Crippen molar-refractivity contribution in [2.75, 3.05) is 13.1 Å². The Labute approximate surface area is 307 Å². The van der Waals surface area contributed by atoms with Crippen LogP contribution in [0.1, 0.15) is 220 Å². The van der Waals surface area contributed by atoms with Crippen LogP contribution in [0, 0.1) is 5.41 Å². The van der Waals surface area contributed by atoms with Crippen LogP contribution >= 0.6 is 0 Å². The second-order valence-electron chi connectivity index (χ2n) is 14.9. The van der Waals surface area contributed by atoms with Gasteiger partial charge in [-0.15, -0.1) is 0 Å². The quantitative estimate of drug-likeness (QED) is 0.0531. The molecule has 1 rings (SSSR count). The maximum Gasteiger partial charge on any atom is 0.345 e. The molecule has 8 nitrogen and oxygen atoms in total. The van der Waals surface area contributed by atoms with E-state index in [0.717, 1.165) is 103 Å². The number of carbonyl (C=O) groups is 4. The summed E-state index contributed by atoms with van der Waals surface area (Å²) in [6.45, 7) is 10.5. The minimum atomic E-state index is -1.07. The SMILES string of the molecule is CCCCCCC(OC(=O)CCCCCCCC(CCCC)(CCCC)C(=O)[O-])C(=O)O.CCCCCCCCCCCCN1CCCC1=O. The Kier molecular flexibility index (Phi) is 31.4. The highest BCUT2D eigenvalue weighted by Gasteiger charge is 2.30. The first kappa shape index (κ1) is 47.9. The molecule has 0 saturated carbocycles. The van der Waals surface area contributed by atoms with Crippen LogP contribution in [0.25, 0.3) is 0 Å². The number of carboxylic acids is 2. The van der Waals surface area contributed by atoms with E-state index in [-0.39, 0.29) is 6.42 Å². The standard InChI is InChI=1S/C26H48O6.C16H31NO/c1-4-7-10-14-17-22(24(28)29)32-23(27)18-15-12-11-13-16-21-26(25(30)31,19-8-5-2)20-9-6-3;1-2-3-4-5-6-7-8-9-10-11-14-17-15-12-13-16(17)18/h22H,4-21H2,1-3H3,(H,28,29)(H,30,31);2-15H2,1H3/p-1. The highest BCUT2D eigenvalue weighted by Crippen LogP contribution is 2.36. The molecular weight excluding hydrogens is 630 g/mol. The third-order valence-electron chi connectivity index (χ3n) is 10.3. The van der Waals surface area contributed by atoms with E-state index < -0.39 is 29.4 Å². The van der Waals surface area contributed by atoms with Crippen molar-refractivity contribution in [1.29, 1.82) is 0 Å². The summed E-state index contributed by atoms with van der Waals surface area (Å²) in [7, 11) is 0. The minimum Gasteiger partial charge on any atom is -0.550 e. The normalized spacial score (nSPS) is 13.6. The van der Waals surface area contributed by atoms with Gasteiger partial charge in [-0.2, -0.15) is 0 Å². The van der Waals surface area contributed by atoms with Crippen LogP contribution in [0.5, 0.6) is 0 Å². The van der Waals surface area contributed by atoms with Crippen molar-refractivity contribution in [3.05, 3.63) is 0 Å². The van der Waals surface area contributed by atoms with Crippen molar-refractivity contribution in [1.82, 2.24) is 4.90 Å². The molecule has 1 aliphatic heterocycles. The van der Waals surface area contributed by atoms with Gasteiger partial charge in [0.1, 0.15) is 0 Å². The molecule has 0 aromatic carbocycles. The Morgan fingerprint density at radius 2 is 1.14 bits per heavy atom. The lowest BCUT2D eigenvalue weighted by Gasteiger charge is -2.35. The molecule has 0 aromatic heterocycles. The zero-order valence-electron chi connectivity index (χ0n) is 33.0. The average Bonchev–Trinajstić information content (AvgIpc) is 3.51. The first-order chi connectivity index (χ1) is 24.2. The van der Waals surface area contributed by atoms with E-state index in [1.165, 1.54) is 64.2 Å². The molecule has 1 saturated heterocycles.